The van der Waals surface area contributed by atoms with Gasteiger partial charge in [0.2, 0.25) is 0 Å². The Morgan fingerprint density at radius 2 is 1.90 bits per heavy atom. The monoisotopic (exact) mass is 530 g/mol. The molecule has 0 aliphatic rings. The SMILES string of the molecule is CCNC(=NCc1cccc(OCC(N)=O)c1)NCC(C)Oc1ccc(F)cc1.I. The summed E-state index contributed by atoms with van der Waals surface area (Å²) in [5.41, 5.74) is 6.02. The molecule has 0 aliphatic carbocycles. The van der Waals surface area contributed by atoms with Gasteiger partial charge in [-0.25, -0.2) is 9.38 Å². The van der Waals surface area contributed by atoms with E-state index in [0.29, 0.717) is 37.1 Å². The lowest BCUT2D eigenvalue weighted by Crippen LogP contribution is -2.41. The third-order valence-corrected chi connectivity index (χ3v) is 3.75. The second-order valence-corrected chi connectivity index (χ2v) is 6.36. The Kier molecular flexibility index (Phi) is 11.6. The highest BCUT2D eigenvalue weighted by Gasteiger charge is 2.06. The summed E-state index contributed by atoms with van der Waals surface area (Å²) in [4.78, 5) is 15.4. The molecule has 4 N–H and O–H groups in total. The van der Waals surface area contributed by atoms with Gasteiger partial charge in [-0.3, -0.25) is 4.79 Å². The van der Waals surface area contributed by atoms with E-state index in [2.05, 4.69) is 15.6 Å². The van der Waals surface area contributed by atoms with Gasteiger partial charge in [0.15, 0.2) is 12.6 Å². The van der Waals surface area contributed by atoms with Crippen LogP contribution in [0.2, 0.25) is 0 Å². The fraction of sp³-hybridized carbons (Fsp3) is 0.333. The van der Waals surface area contributed by atoms with E-state index in [1.807, 2.05) is 32.0 Å². The molecule has 9 heteroatoms. The first kappa shape index (κ1) is 25.5. The molecule has 30 heavy (non-hydrogen) atoms. The number of amides is 1. The first-order valence-corrected chi connectivity index (χ1v) is 9.40. The van der Waals surface area contributed by atoms with Gasteiger partial charge in [-0.1, -0.05) is 12.1 Å². The summed E-state index contributed by atoms with van der Waals surface area (Å²) in [7, 11) is 0. The van der Waals surface area contributed by atoms with Gasteiger partial charge in [-0.15, -0.1) is 24.0 Å². The summed E-state index contributed by atoms with van der Waals surface area (Å²) >= 11 is 0. The zero-order valence-corrected chi connectivity index (χ0v) is 19.4. The molecule has 2 aromatic rings. The van der Waals surface area contributed by atoms with Crippen LogP contribution in [-0.4, -0.2) is 37.7 Å². The van der Waals surface area contributed by atoms with Crippen LogP contribution in [0.5, 0.6) is 11.5 Å². The van der Waals surface area contributed by atoms with Crippen molar-refractivity contribution < 1.29 is 18.7 Å². The maximum Gasteiger partial charge on any atom is 0.255 e. The Morgan fingerprint density at radius 1 is 1.17 bits per heavy atom. The maximum atomic E-state index is 13.0. The number of hydrogen-bond acceptors (Lipinski definition) is 4. The number of ether oxygens (including phenoxy) is 2. The second-order valence-electron chi connectivity index (χ2n) is 6.36. The Hall–Kier alpha value is -2.56. The molecular formula is C21H28FIN4O3. The van der Waals surface area contributed by atoms with Crippen molar-refractivity contribution >= 4 is 35.8 Å². The number of primary amides is 1. The molecule has 164 valence electrons. The Morgan fingerprint density at radius 3 is 2.57 bits per heavy atom. The molecular weight excluding hydrogens is 502 g/mol. The molecule has 0 aliphatic heterocycles. The van der Waals surface area contributed by atoms with Crippen LogP contribution in [0, 0.1) is 5.82 Å². The van der Waals surface area contributed by atoms with E-state index in [4.69, 9.17) is 15.2 Å². The summed E-state index contributed by atoms with van der Waals surface area (Å²) in [6.07, 6.45) is -0.144. The minimum Gasteiger partial charge on any atom is -0.489 e. The van der Waals surface area contributed by atoms with Gasteiger partial charge >= 0.3 is 0 Å². The van der Waals surface area contributed by atoms with Crippen molar-refractivity contribution in [2.45, 2.75) is 26.5 Å². The summed E-state index contributed by atoms with van der Waals surface area (Å²) in [5.74, 6) is 0.995. The van der Waals surface area contributed by atoms with E-state index in [-0.39, 0.29) is 42.5 Å². The Balaban J connectivity index is 0.00000450. The summed E-state index contributed by atoms with van der Waals surface area (Å²) < 4.78 is 24.0. The molecule has 0 fully saturated rings. The topological polar surface area (TPSA) is 98.0 Å². The van der Waals surface area contributed by atoms with E-state index in [1.165, 1.54) is 12.1 Å². The standard InChI is InChI=1S/C21H27FN4O3.HI/c1-3-24-21(25-12-15(2)29-18-9-7-17(22)8-10-18)26-13-16-5-4-6-19(11-16)28-14-20(23)27;/h4-11,15H,3,12-14H2,1-2H3,(H2,23,27)(H2,24,25,26);1H. The van der Waals surface area contributed by atoms with Crippen LogP contribution in [0.15, 0.2) is 53.5 Å². The number of rotatable bonds is 10. The number of nitrogens with two attached hydrogens (primary N) is 1. The summed E-state index contributed by atoms with van der Waals surface area (Å²) in [6, 6.07) is 13.2. The smallest absolute Gasteiger partial charge is 0.255 e. The minimum atomic E-state index is -0.524. The lowest BCUT2D eigenvalue weighted by atomic mass is 10.2. The van der Waals surface area contributed by atoms with Crippen LogP contribution in [0.25, 0.3) is 0 Å². The number of benzene rings is 2. The number of nitrogens with zero attached hydrogens (tertiary/aromatic N) is 1. The normalized spacial score (nSPS) is 11.8. The van der Waals surface area contributed by atoms with Crippen LogP contribution in [-0.2, 0) is 11.3 Å². The number of hydrogen-bond donors (Lipinski definition) is 3. The van der Waals surface area contributed by atoms with E-state index in [1.54, 1.807) is 18.2 Å². The fourth-order valence-corrected chi connectivity index (χ4v) is 2.43. The van der Waals surface area contributed by atoms with Gasteiger partial charge < -0.3 is 25.8 Å². The number of guanidine groups is 1. The molecule has 1 unspecified atom stereocenters. The van der Waals surface area contributed by atoms with Crippen molar-refractivity contribution in [1.82, 2.24) is 10.6 Å². The van der Waals surface area contributed by atoms with Crippen molar-refractivity contribution in [2.75, 3.05) is 19.7 Å². The van der Waals surface area contributed by atoms with Crippen molar-refractivity contribution in [3.8, 4) is 11.5 Å². The maximum absolute atomic E-state index is 13.0. The van der Waals surface area contributed by atoms with Crippen molar-refractivity contribution in [1.29, 1.82) is 0 Å². The van der Waals surface area contributed by atoms with Crippen LogP contribution in [0.3, 0.4) is 0 Å². The molecule has 2 aromatic carbocycles. The number of carbonyl (C=O) groups is 1. The number of nitrogens with one attached hydrogen (secondary N) is 2. The Labute approximate surface area is 193 Å². The summed E-state index contributed by atoms with van der Waals surface area (Å²) in [6.45, 7) is 5.39. The molecule has 0 bridgehead atoms. The second kappa shape index (κ2) is 13.6. The van der Waals surface area contributed by atoms with Gasteiger partial charge in [-0.05, 0) is 55.8 Å². The zero-order chi connectivity index (χ0) is 21.1. The van der Waals surface area contributed by atoms with Crippen LogP contribution >= 0.6 is 24.0 Å². The summed E-state index contributed by atoms with van der Waals surface area (Å²) in [5, 5.41) is 6.40. The number of aliphatic imine (C=N–C) groups is 1. The van der Waals surface area contributed by atoms with Crippen LogP contribution in [0.1, 0.15) is 19.4 Å². The molecule has 0 heterocycles. The lowest BCUT2D eigenvalue weighted by molar-refractivity contribution is -0.119. The highest BCUT2D eigenvalue weighted by molar-refractivity contribution is 14.0. The predicted molar refractivity (Wildman–Crippen MR) is 126 cm³/mol. The van der Waals surface area contributed by atoms with E-state index >= 15 is 0 Å². The average molecular weight is 530 g/mol. The highest BCUT2D eigenvalue weighted by Crippen LogP contribution is 2.14. The predicted octanol–water partition coefficient (Wildman–Crippen LogP) is 2.83. The molecule has 0 saturated carbocycles. The molecule has 1 atom stereocenters. The third kappa shape index (κ3) is 9.77. The van der Waals surface area contributed by atoms with Gasteiger partial charge in [0.1, 0.15) is 23.4 Å². The van der Waals surface area contributed by atoms with Crippen molar-refractivity contribution in [3.05, 3.63) is 59.9 Å². The first-order valence-electron chi connectivity index (χ1n) is 9.40. The highest BCUT2D eigenvalue weighted by atomic mass is 127. The van der Waals surface area contributed by atoms with Crippen molar-refractivity contribution in [3.63, 3.8) is 0 Å². The van der Waals surface area contributed by atoms with Gasteiger partial charge in [0, 0.05) is 6.54 Å². The van der Waals surface area contributed by atoms with E-state index in [9.17, 15) is 9.18 Å². The van der Waals surface area contributed by atoms with Gasteiger partial charge in [0.25, 0.3) is 5.91 Å². The molecule has 1 amide bonds. The number of carbonyl (C=O) groups excluding carboxylic acids is 1. The van der Waals surface area contributed by atoms with E-state index < -0.39 is 5.91 Å². The molecule has 0 aromatic heterocycles. The zero-order valence-electron chi connectivity index (χ0n) is 17.1. The average Bonchev–Trinajstić information content (AvgIpc) is 2.70. The first-order chi connectivity index (χ1) is 14.0. The van der Waals surface area contributed by atoms with Gasteiger partial charge in [-0.2, -0.15) is 0 Å². The van der Waals surface area contributed by atoms with Crippen molar-refractivity contribution in [2.24, 2.45) is 10.7 Å². The van der Waals surface area contributed by atoms with E-state index in [0.717, 1.165) is 5.56 Å². The lowest BCUT2D eigenvalue weighted by Gasteiger charge is -2.17. The van der Waals surface area contributed by atoms with Crippen LogP contribution < -0.4 is 25.8 Å². The minimum absolute atomic E-state index is 0. The molecule has 0 spiro atoms. The molecule has 0 saturated heterocycles. The largest absolute Gasteiger partial charge is 0.489 e. The van der Waals surface area contributed by atoms with Gasteiger partial charge in [0.05, 0.1) is 13.1 Å². The van der Waals surface area contributed by atoms with Crippen LogP contribution in [0.4, 0.5) is 4.39 Å². The quantitative estimate of drug-likeness (QED) is 0.250. The fourth-order valence-electron chi connectivity index (χ4n) is 2.43. The molecule has 7 nitrogen and oxygen atoms in total. The Bertz CT molecular complexity index is 818. The molecule has 2 rings (SSSR count). The third-order valence-electron chi connectivity index (χ3n) is 3.75. The number of halogens is 2. The molecule has 0 radical (unpaired) electrons.